The van der Waals surface area contributed by atoms with Gasteiger partial charge in [0.05, 0.1) is 15.5 Å². The molecule has 4 rings (SSSR count). The second kappa shape index (κ2) is 8.17. The zero-order valence-corrected chi connectivity index (χ0v) is 18.7. The van der Waals surface area contributed by atoms with Gasteiger partial charge in [-0.3, -0.25) is 19.8 Å². The van der Waals surface area contributed by atoms with E-state index in [9.17, 15) is 14.9 Å². The Balaban J connectivity index is 1.62. The summed E-state index contributed by atoms with van der Waals surface area (Å²) in [6, 6.07) is 15.5. The molecule has 9 heteroatoms. The van der Waals surface area contributed by atoms with E-state index in [-0.39, 0.29) is 11.6 Å². The van der Waals surface area contributed by atoms with Gasteiger partial charge in [-0.25, -0.2) is 0 Å². The Morgan fingerprint density at radius 3 is 2.67 bits per heavy atom. The molecule has 1 aliphatic heterocycles. The van der Waals surface area contributed by atoms with Gasteiger partial charge in [0, 0.05) is 28.2 Å². The Morgan fingerprint density at radius 2 is 1.97 bits per heavy atom. The number of nitrogens with zero attached hydrogens (tertiary/aromatic N) is 2. The molecule has 30 heavy (non-hydrogen) atoms. The van der Waals surface area contributed by atoms with Crippen molar-refractivity contribution in [2.45, 2.75) is 6.92 Å². The highest BCUT2D eigenvalue weighted by Gasteiger charge is 2.34. The third-order valence-corrected chi connectivity index (χ3v) is 6.44. The van der Waals surface area contributed by atoms with E-state index in [2.05, 4.69) is 15.9 Å². The largest absolute Gasteiger partial charge is 0.457 e. The molecule has 0 N–H and O–H groups in total. The van der Waals surface area contributed by atoms with Crippen molar-refractivity contribution in [3.63, 3.8) is 0 Å². The number of hydrogen-bond acceptors (Lipinski definition) is 6. The second-order valence-electron chi connectivity index (χ2n) is 6.43. The maximum absolute atomic E-state index is 12.9. The lowest BCUT2D eigenvalue weighted by Crippen LogP contribution is -2.28. The number of amides is 1. The number of furan rings is 1. The van der Waals surface area contributed by atoms with Gasteiger partial charge in [0.1, 0.15) is 11.5 Å². The van der Waals surface area contributed by atoms with E-state index in [1.165, 1.54) is 28.8 Å². The van der Waals surface area contributed by atoms with Gasteiger partial charge in [0.25, 0.3) is 11.6 Å². The number of carbonyl (C=O) groups excluding carboxylic acids is 1. The molecule has 2 aromatic carbocycles. The quantitative estimate of drug-likeness (QED) is 0.180. The summed E-state index contributed by atoms with van der Waals surface area (Å²) >= 11 is 9.98. The van der Waals surface area contributed by atoms with E-state index in [1.807, 2.05) is 31.2 Å². The molecule has 150 valence electrons. The van der Waals surface area contributed by atoms with E-state index in [4.69, 9.17) is 16.6 Å². The fourth-order valence-electron chi connectivity index (χ4n) is 3.01. The predicted molar refractivity (Wildman–Crippen MR) is 125 cm³/mol. The number of halogens is 1. The minimum absolute atomic E-state index is 0.0164. The molecule has 1 fully saturated rings. The molecule has 0 spiro atoms. The van der Waals surface area contributed by atoms with Crippen LogP contribution >= 0.6 is 39.9 Å². The van der Waals surface area contributed by atoms with Crippen LogP contribution in [-0.4, -0.2) is 15.2 Å². The van der Waals surface area contributed by atoms with Gasteiger partial charge < -0.3 is 4.42 Å². The lowest BCUT2D eigenvalue weighted by atomic mass is 10.1. The highest BCUT2D eigenvalue weighted by Crippen LogP contribution is 2.38. The van der Waals surface area contributed by atoms with Gasteiger partial charge in [-0.15, -0.1) is 0 Å². The Kier molecular flexibility index (Phi) is 5.59. The number of thioether (sulfide) groups is 1. The summed E-state index contributed by atoms with van der Waals surface area (Å²) in [7, 11) is 0. The molecule has 0 saturated carbocycles. The van der Waals surface area contributed by atoms with Crippen molar-refractivity contribution in [1.82, 2.24) is 0 Å². The maximum atomic E-state index is 12.9. The van der Waals surface area contributed by atoms with Crippen LogP contribution < -0.4 is 4.90 Å². The van der Waals surface area contributed by atoms with Gasteiger partial charge in [-0.2, -0.15) is 0 Å². The van der Waals surface area contributed by atoms with Crippen LogP contribution in [0.2, 0.25) is 0 Å². The summed E-state index contributed by atoms with van der Waals surface area (Å²) in [6.07, 6.45) is 1.65. The number of rotatable bonds is 4. The summed E-state index contributed by atoms with van der Waals surface area (Å²) in [6.45, 7) is 1.93. The van der Waals surface area contributed by atoms with Gasteiger partial charge in [-0.1, -0.05) is 42.2 Å². The number of aryl methyl sites for hydroxylation is 1. The average molecular weight is 501 g/mol. The summed E-state index contributed by atoms with van der Waals surface area (Å²) in [5.41, 5.74) is 2.38. The van der Waals surface area contributed by atoms with Gasteiger partial charge in [-0.05, 0) is 52.7 Å². The van der Waals surface area contributed by atoms with Crippen LogP contribution in [0.1, 0.15) is 11.3 Å². The monoisotopic (exact) mass is 500 g/mol. The Hall–Kier alpha value is -2.75. The molecule has 1 aliphatic rings. The van der Waals surface area contributed by atoms with E-state index < -0.39 is 4.92 Å². The molecule has 0 bridgehead atoms. The number of hydrogen-bond donors (Lipinski definition) is 0. The number of anilines is 1. The van der Waals surface area contributed by atoms with E-state index in [0.717, 1.165) is 11.3 Å². The normalized spacial score (nSPS) is 15.3. The molecule has 3 aromatic rings. The molecular weight excluding hydrogens is 488 g/mol. The number of nitro groups is 1. The van der Waals surface area contributed by atoms with Crippen LogP contribution in [0.3, 0.4) is 0 Å². The summed E-state index contributed by atoms with van der Waals surface area (Å²) in [5.74, 6) is 0.812. The summed E-state index contributed by atoms with van der Waals surface area (Å²) in [5, 5.41) is 10.9. The molecular formula is C21H13BrN2O4S2. The molecule has 1 saturated heterocycles. The third kappa shape index (κ3) is 3.83. The first kappa shape index (κ1) is 20.5. The Bertz CT molecular complexity index is 1240. The first-order chi connectivity index (χ1) is 14.3. The van der Waals surface area contributed by atoms with Crippen LogP contribution in [-0.2, 0) is 4.79 Å². The molecule has 2 heterocycles. The third-order valence-electron chi connectivity index (χ3n) is 4.48. The second-order valence-corrected chi connectivity index (χ2v) is 8.96. The highest BCUT2D eigenvalue weighted by molar-refractivity contribution is 9.10. The summed E-state index contributed by atoms with van der Waals surface area (Å²) < 4.78 is 6.87. The first-order valence-electron chi connectivity index (χ1n) is 8.73. The Morgan fingerprint density at radius 1 is 1.20 bits per heavy atom. The van der Waals surface area contributed by atoms with Crippen LogP contribution in [0.25, 0.3) is 17.4 Å². The van der Waals surface area contributed by atoms with E-state index in [1.54, 1.807) is 24.3 Å². The van der Waals surface area contributed by atoms with E-state index >= 15 is 0 Å². The van der Waals surface area contributed by atoms with Crippen molar-refractivity contribution in [3.05, 3.63) is 85.4 Å². The van der Waals surface area contributed by atoms with Gasteiger partial charge >= 0.3 is 0 Å². The van der Waals surface area contributed by atoms with Crippen molar-refractivity contribution in [2.24, 2.45) is 0 Å². The lowest BCUT2D eigenvalue weighted by Gasteiger charge is -2.16. The molecule has 0 unspecified atom stereocenters. The Labute approximate surface area is 189 Å². The first-order valence-corrected chi connectivity index (χ1v) is 10.7. The van der Waals surface area contributed by atoms with Crippen molar-refractivity contribution < 1.29 is 14.1 Å². The fourth-order valence-corrected chi connectivity index (χ4v) is 4.84. The SMILES string of the molecule is Cc1ccccc1N1C(=O)/C(=C\c2ccc(-c3ccc([N+](=O)[O-])cc3Br)o2)SC1=S. The van der Waals surface area contributed by atoms with Gasteiger partial charge in [0.2, 0.25) is 0 Å². The van der Waals surface area contributed by atoms with Gasteiger partial charge in [0.15, 0.2) is 4.32 Å². The minimum Gasteiger partial charge on any atom is -0.457 e. The molecule has 0 radical (unpaired) electrons. The molecule has 0 aliphatic carbocycles. The summed E-state index contributed by atoms with van der Waals surface area (Å²) in [4.78, 5) is 25.4. The van der Waals surface area contributed by atoms with Crippen LogP contribution in [0.4, 0.5) is 11.4 Å². The van der Waals surface area contributed by atoms with Crippen molar-refractivity contribution >= 4 is 67.6 Å². The minimum atomic E-state index is -0.460. The highest BCUT2D eigenvalue weighted by atomic mass is 79.9. The number of para-hydroxylation sites is 1. The molecule has 1 amide bonds. The zero-order chi connectivity index (χ0) is 21.4. The topological polar surface area (TPSA) is 76.6 Å². The number of thiocarbonyl (C=S) groups is 1. The van der Waals surface area contributed by atoms with Crippen LogP contribution in [0.15, 0.2) is 68.4 Å². The van der Waals surface area contributed by atoms with E-state index in [0.29, 0.717) is 30.8 Å². The smallest absolute Gasteiger partial charge is 0.270 e. The van der Waals surface area contributed by atoms with Crippen LogP contribution in [0.5, 0.6) is 0 Å². The lowest BCUT2D eigenvalue weighted by molar-refractivity contribution is -0.384. The maximum Gasteiger partial charge on any atom is 0.270 e. The zero-order valence-electron chi connectivity index (χ0n) is 15.5. The number of non-ortho nitro benzene ring substituents is 1. The molecule has 0 atom stereocenters. The number of benzene rings is 2. The average Bonchev–Trinajstić information content (AvgIpc) is 3.27. The van der Waals surface area contributed by atoms with Crippen LogP contribution in [0, 0.1) is 17.0 Å². The van der Waals surface area contributed by atoms with Crippen molar-refractivity contribution in [3.8, 4) is 11.3 Å². The van der Waals surface area contributed by atoms with Crippen molar-refractivity contribution in [2.75, 3.05) is 4.90 Å². The van der Waals surface area contributed by atoms with Crippen molar-refractivity contribution in [1.29, 1.82) is 0 Å². The molecule has 6 nitrogen and oxygen atoms in total. The number of carbonyl (C=O) groups is 1. The number of nitro benzene ring substituents is 1. The predicted octanol–water partition coefficient (Wildman–Crippen LogP) is 6.33. The molecule has 1 aromatic heterocycles. The fraction of sp³-hybridized carbons (Fsp3) is 0.0476. The standard InChI is InChI=1S/C21H13BrN2O4S2/c1-12-4-2-3-5-17(12)23-20(25)19(30-21(23)29)11-14-7-9-18(28-14)15-8-6-13(24(26)27)10-16(15)22/h2-11H,1H3/b19-11+.